The summed E-state index contributed by atoms with van der Waals surface area (Å²) in [5.41, 5.74) is 4.82. The Hall–Kier alpha value is -2.09. The van der Waals surface area contributed by atoms with Gasteiger partial charge in [-0.15, -0.1) is 0 Å². The van der Waals surface area contributed by atoms with Crippen LogP contribution in [0.15, 0.2) is 48.5 Å². The molecule has 2 heteroatoms. The number of nitrogens with one attached hydrogen (secondary N) is 1. The Bertz CT molecular complexity index is 683. The van der Waals surface area contributed by atoms with Gasteiger partial charge in [-0.3, -0.25) is 0 Å². The van der Waals surface area contributed by atoms with Crippen LogP contribution >= 0.6 is 0 Å². The van der Waals surface area contributed by atoms with E-state index >= 15 is 0 Å². The molecule has 0 bridgehead atoms. The maximum Gasteiger partial charge on any atom is 0.114 e. The third-order valence-electron chi connectivity index (χ3n) is 3.68. The van der Waals surface area contributed by atoms with Gasteiger partial charge in [0.2, 0.25) is 0 Å². The quantitative estimate of drug-likeness (QED) is 0.738. The molecule has 0 aliphatic heterocycles. The molecule has 0 amide bonds. The molecular formula is C17H18N2. The molecule has 19 heavy (non-hydrogen) atoms. The molecule has 0 spiro atoms. The average molecular weight is 250 g/mol. The molecule has 96 valence electrons. The Balaban J connectivity index is 2.01. The molecule has 1 unspecified atom stereocenters. The van der Waals surface area contributed by atoms with Crippen LogP contribution in [0, 0.1) is 0 Å². The minimum Gasteiger partial charge on any atom is -0.341 e. The zero-order chi connectivity index (χ0) is 13.2. The van der Waals surface area contributed by atoms with Crippen molar-refractivity contribution < 1.29 is 0 Å². The van der Waals surface area contributed by atoms with Crippen molar-refractivity contribution in [1.29, 1.82) is 0 Å². The molecule has 0 aliphatic rings. The number of hydrogen-bond acceptors (Lipinski definition) is 1. The summed E-state index contributed by atoms with van der Waals surface area (Å²) in [6.07, 6.45) is 1.05. The van der Waals surface area contributed by atoms with Crippen LogP contribution in [-0.4, -0.2) is 9.97 Å². The summed E-state index contributed by atoms with van der Waals surface area (Å²) in [5, 5.41) is 0. The molecule has 1 atom stereocenters. The summed E-state index contributed by atoms with van der Waals surface area (Å²) in [6, 6.07) is 16.9. The van der Waals surface area contributed by atoms with E-state index in [1.54, 1.807) is 0 Å². The van der Waals surface area contributed by atoms with Gasteiger partial charge in [0.1, 0.15) is 5.82 Å². The Kier molecular flexibility index (Phi) is 3.08. The van der Waals surface area contributed by atoms with E-state index in [9.17, 15) is 0 Å². The third-order valence-corrected chi connectivity index (χ3v) is 3.68. The maximum atomic E-state index is 4.71. The first-order chi connectivity index (χ1) is 9.28. The van der Waals surface area contributed by atoms with Gasteiger partial charge in [0.15, 0.2) is 0 Å². The molecule has 0 aliphatic carbocycles. The Morgan fingerprint density at radius 1 is 1.11 bits per heavy atom. The lowest BCUT2D eigenvalue weighted by molar-refractivity contribution is 0.845. The van der Waals surface area contributed by atoms with Crippen molar-refractivity contribution in [3.8, 4) is 0 Å². The zero-order valence-electron chi connectivity index (χ0n) is 11.4. The summed E-state index contributed by atoms with van der Waals surface area (Å²) >= 11 is 0. The first kappa shape index (κ1) is 12.0. The second kappa shape index (κ2) is 4.88. The van der Waals surface area contributed by atoms with Crippen LogP contribution < -0.4 is 0 Å². The Labute approximate surface area is 113 Å². The molecule has 2 nitrogen and oxygen atoms in total. The number of aromatic nitrogens is 2. The van der Waals surface area contributed by atoms with E-state index in [1.807, 2.05) is 6.07 Å². The number of rotatable bonds is 3. The monoisotopic (exact) mass is 250 g/mol. The number of benzene rings is 2. The smallest absolute Gasteiger partial charge is 0.114 e. The minimum absolute atomic E-state index is 0.290. The van der Waals surface area contributed by atoms with Gasteiger partial charge in [0.05, 0.1) is 11.0 Å². The minimum atomic E-state index is 0.290. The third kappa shape index (κ3) is 2.26. The summed E-state index contributed by atoms with van der Waals surface area (Å²) in [5.74, 6) is 1.33. The first-order valence-corrected chi connectivity index (χ1v) is 6.81. The van der Waals surface area contributed by atoms with Crippen LogP contribution in [0.3, 0.4) is 0 Å². The predicted octanol–water partition coefficient (Wildman–Crippen LogP) is 4.28. The number of fused-ring (bicyclic) bond motifs is 1. The van der Waals surface area contributed by atoms with Gasteiger partial charge < -0.3 is 4.98 Å². The van der Waals surface area contributed by atoms with Gasteiger partial charge in [-0.1, -0.05) is 50.2 Å². The molecule has 3 rings (SSSR count). The Morgan fingerprint density at radius 2 is 1.89 bits per heavy atom. The standard InChI is InChI=1S/C17H18N2/c1-3-13-9-10-15-16(11-13)19-17(18-15)12(2)14-7-5-4-6-8-14/h4-12H,3H2,1-2H3,(H,18,19). The molecule has 3 aromatic rings. The summed E-state index contributed by atoms with van der Waals surface area (Å²) < 4.78 is 0. The van der Waals surface area contributed by atoms with Crippen LogP contribution in [0.4, 0.5) is 0 Å². The van der Waals surface area contributed by atoms with Crippen LogP contribution in [0.1, 0.15) is 36.7 Å². The van der Waals surface area contributed by atoms with Crippen LogP contribution in [-0.2, 0) is 6.42 Å². The summed E-state index contributed by atoms with van der Waals surface area (Å²) in [6.45, 7) is 4.36. The fourth-order valence-corrected chi connectivity index (χ4v) is 2.40. The van der Waals surface area contributed by atoms with Crippen molar-refractivity contribution in [2.75, 3.05) is 0 Å². The number of imidazole rings is 1. The fraction of sp³-hybridized carbons (Fsp3) is 0.235. The normalized spacial score (nSPS) is 12.7. The molecule has 0 radical (unpaired) electrons. The van der Waals surface area contributed by atoms with Gasteiger partial charge in [0.25, 0.3) is 0 Å². The molecule has 1 aromatic heterocycles. The highest BCUT2D eigenvalue weighted by atomic mass is 14.9. The van der Waals surface area contributed by atoms with E-state index in [4.69, 9.17) is 4.98 Å². The van der Waals surface area contributed by atoms with E-state index < -0.39 is 0 Å². The molecule has 1 N–H and O–H groups in total. The molecule has 0 saturated heterocycles. The van der Waals surface area contributed by atoms with Gasteiger partial charge >= 0.3 is 0 Å². The van der Waals surface area contributed by atoms with Gasteiger partial charge in [-0.25, -0.2) is 4.98 Å². The number of nitrogens with zero attached hydrogens (tertiary/aromatic N) is 1. The van der Waals surface area contributed by atoms with Crippen molar-refractivity contribution in [3.63, 3.8) is 0 Å². The molecule has 0 saturated carbocycles. The second-order valence-electron chi connectivity index (χ2n) is 4.96. The lowest BCUT2D eigenvalue weighted by Gasteiger charge is -2.07. The van der Waals surface area contributed by atoms with Crippen molar-refractivity contribution in [3.05, 3.63) is 65.5 Å². The van der Waals surface area contributed by atoms with Crippen molar-refractivity contribution >= 4 is 11.0 Å². The van der Waals surface area contributed by atoms with Crippen molar-refractivity contribution in [2.45, 2.75) is 26.2 Å². The van der Waals surface area contributed by atoms with Crippen molar-refractivity contribution in [2.24, 2.45) is 0 Å². The number of hydrogen-bond donors (Lipinski definition) is 1. The van der Waals surface area contributed by atoms with E-state index in [2.05, 4.69) is 61.3 Å². The lowest BCUT2D eigenvalue weighted by Crippen LogP contribution is -1.97. The molecular weight excluding hydrogens is 232 g/mol. The number of H-pyrrole nitrogens is 1. The highest BCUT2D eigenvalue weighted by Crippen LogP contribution is 2.24. The van der Waals surface area contributed by atoms with Crippen LogP contribution in [0.2, 0.25) is 0 Å². The summed E-state index contributed by atoms with van der Waals surface area (Å²) in [7, 11) is 0. The van der Waals surface area contributed by atoms with Gasteiger partial charge in [0, 0.05) is 5.92 Å². The van der Waals surface area contributed by atoms with Crippen molar-refractivity contribution in [1.82, 2.24) is 9.97 Å². The highest BCUT2D eigenvalue weighted by Gasteiger charge is 2.12. The SMILES string of the molecule is CCc1ccc2nc(C(C)c3ccccc3)[nH]c2c1. The number of aromatic amines is 1. The summed E-state index contributed by atoms with van der Waals surface area (Å²) in [4.78, 5) is 8.17. The highest BCUT2D eigenvalue weighted by molar-refractivity contribution is 5.76. The topological polar surface area (TPSA) is 28.7 Å². The average Bonchev–Trinajstić information content (AvgIpc) is 2.90. The Morgan fingerprint density at radius 3 is 2.63 bits per heavy atom. The van der Waals surface area contributed by atoms with Gasteiger partial charge in [-0.05, 0) is 29.7 Å². The largest absolute Gasteiger partial charge is 0.341 e. The number of aryl methyl sites for hydroxylation is 1. The molecule has 2 aromatic carbocycles. The van der Waals surface area contributed by atoms with E-state index in [0.29, 0.717) is 5.92 Å². The fourth-order valence-electron chi connectivity index (χ4n) is 2.40. The van der Waals surface area contributed by atoms with Crippen LogP contribution in [0.25, 0.3) is 11.0 Å². The maximum absolute atomic E-state index is 4.71. The van der Waals surface area contributed by atoms with E-state index in [0.717, 1.165) is 23.3 Å². The second-order valence-corrected chi connectivity index (χ2v) is 4.96. The molecule has 0 fully saturated rings. The lowest BCUT2D eigenvalue weighted by atomic mass is 10.0. The predicted molar refractivity (Wildman–Crippen MR) is 79.4 cm³/mol. The zero-order valence-corrected chi connectivity index (χ0v) is 11.4. The van der Waals surface area contributed by atoms with E-state index in [1.165, 1.54) is 11.1 Å². The van der Waals surface area contributed by atoms with Crippen LogP contribution in [0.5, 0.6) is 0 Å². The molecule has 1 heterocycles. The van der Waals surface area contributed by atoms with E-state index in [-0.39, 0.29) is 0 Å². The van der Waals surface area contributed by atoms with Gasteiger partial charge in [-0.2, -0.15) is 0 Å². The first-order valence-electron chi connectivity index (χ1n) is 6.81.